The van der Waals surface area contributed by atoms with Crippen molar-refractivity contribution in [1.82, 2.24) is 20.9 Å². The van der Waals surface area contributed by atoms with Gasteiger partial charge in [0.05, 0.1) is 18.7 Å². The Kier molecular flexibility index (Phi) is 11.8. The van der Waals surface area contributed by atoms with Crippen LogP contribution < -0.4 is 25.4 Å². The maximum Gasteiger partial charge on any atom is 0.255 e. The monoisotopic (exact) mass is 586 g/mol. The van der Waals surface area contributed by atoms with E-state index in [0.717, 1.165) is 5.56 Å². The number of likely N-dealkylation sites (N-methyl/N-ethyl adjacent to an activating group) is 1. The van der Waals surface area contributed by atoms with Gasteiger partial charge in [0, 0.05) is 18.5 Å². The molecular weight excluding hydrogens is 548 g/mol. The van der Waals surface area contributed by atoms with Crippen molar-refractivity contribution >= 4 is 35.2 Å². The molecule has 0 unspecified atom stereocenters. The molecule has 0 bridgehead atoms. The van der Waals surface area contributed by atoms with E-state index in [1.54, 1.807) is 49.5 Å². The molecule has 10 nitrogen and oxygen atoms in total. The number of aryl methyl sites for hydroxylation is 1. The van der Waals surface area contributed by atoms with Crippen LogP contribution in [0.15, 0.2) is 42.5 Å². The summed E-state index contributed by atoms with van der Waals surface area (Å²) < 4.78 is 11.6. The van der Waals surface area contributed by atoms with Gasteiger partial charge in [0.15, 0.2) is 0 Å². The van der Waals surface area contributed by atoms with Crippen molar-refractivity contribution in [2.75, 3.05) is 33.4 Å². The highest BCUT2D eigenvalue weighted by molar-refractivity contribution is 6.31. The molecule has 222 valence electrons. The highest BCUT2D eigenvalue weighted by Crippen LogP contribution is 2.21. The van der Waals surface area contributed by atoms with Crippen molar-refractivity contribution in [3.63, 3.8) is 0 Å². The Hall–Kier alpha value is -3.79. The minimum atomic E-state index is -1.01. The first-order valence-corrected chi connectivity index (χ1v) is 14.2. The summed E-state index contributed by atoms with van der Waals surface area (Å²) in [5, 5.41) is 8.98. The first-order valence-electron chi connectivity index (χ1n) is 13.8. The Balaban J connectivity index is 1.74. The standard InChI is InChI=1S/C30H39ClN4O6/c1-19(2)17-25-30(39)35(4)14-16-41-26-8-6-5-7-22(26)28(37)34-24(11-12-27(36)33-25)29(38)32-13-15-40-21-9-10-23(31)20(3)18-21/h5-10,18-19,24-25H,11-17H2,1-4H3,(H,32,38)(H,33,36)(H,34,37)/t24-,25-/m0/s1. The number of ether oxygens (including phenoxy) is 2. The van der Waals surface area contributed by atoms with Crippen molar-refractivity contribution in [1.29, 1.82) is 0 Å². The molecule has 2 aromatic carbocycles. The average Bonchev–Trinajstić information content (AvgIpc) is 2.93. The molecule has 0 spiro atoms. The molecule has 1 heterocycles. The summed E-state index contributed by atoms with van der Waals surface area (Å²) in [6, 6.07) is 10.3. The van der Waals surface area contributed by atoms with Crippen LogP contribution in [0.3, 0.4) is 0 Å². The van der Waals surface area contributed by atoms with E-state index in [2.05, 4.69) is 16.0 Å². The van der Waals surface area contributed by atoms with Gasteiger partial charge in [-0.15, -0.1) is 0 Å². The molecule has 0 saturated heterocycles. The smallest absolute Gasteiger partial charge is 0.255 e. The van der Waals surface area contributed by atoms with E-state index in [4.69, 9.17) is 21.1 Å². The maximum atomic E-state index is 13.2. The third-order valence-electron chi connectivity index (χ3n) is 6.61. The van der Waals surface area contributed by atoms with E-state index in [-0.39, 0.29) is 62.4 Å². The molecule has 1 aliphatic rings. The molecular formula is C30H39ClN4O6. The van der Waals surface area contributed by atoms with E-state index in [1.807, 2.05) is 20.8 Å². The number of hydrogen-bond donors (Lipinski definition) is 3. The highest BCUT2D eigenvalue weighted by atomic mass is 35.5. The number of amides is 4. The predicted octanol–water partition coefficient (Wildman–Crippen LogP) is 3.10. The Morgan fingerprint density at radius 1 is 1.17 bits per heavy atom. The lowest BCUT2D eigenvalue weighted by Crippen LogP contribution is -2.50. The third kappa shape index (κ3) is 9.67. The average molecular weight is 587 g/mol. The zero-order chi connectivity index (χ0) is 29.9. The summed E-state index contributed by atoms with van der Waals surface area (Å²) in [4.78, 5) is 53.9. The quantitative estimate of drug-likeness (QED) is 0.428. The fraction of sp³-hybridized carbons (Fsp3) is 0.467. The number of hydrogen-bond acceptors (Lipinski definition) is 6. The Morgan fingerprint density at radius 2 is 1.93 bits per heavy atom. The van der Waals surface area contributed by atoms with Gasteiger partial charge in [-0.25, -0.2) is 0 Å². The summed E-state index contributed by atoms with van der Waals surface area (Å²) in [5.74, 6) is -0.451. The first kappa shape index (κ1) is 31.7. The van der Waals surface area contributed by atoms with Gasteiger partial charge in [0.1, 0.15) is 36.8 Å². The van der Waals surface area contributed by atoms with Crippen LogP contribution in [0.2, 0.25) is 5.02 Å². The molecule has 0 aromatic heterocycles. The Bertz CT molecular complexity index is 1240. The predicted molar refractivity (Wildman–Crippen MR) is 156 cm³/mol. The third-order valence-corrected chi connectivity index (χ3v) is 7.04. The van der Waals surface area contributed by atoms with E-state index in [1.165, 1.54) is 4.90 Å². The molecule has 1 aliphatic heterocycles. The Labute approximate surface area is 246 Å². The minimum Gasteiger partial charge on any atom is -0.492 e. The van der Waals surface area contributed by atoms with Crippen LogP contribution in [0, 0.1) is 12.8 Å². The zero-order valence-corrected chi connectivity index (χ0v) is 24.8. The van der Waals surface area contributed by atoms with E-state index >= 15 is 0 Å². The van der Waals surface area contributed by atoms with Crippen molar-refractivity contribution in [2.24, 2.45) is 5.92 Å². The molecule has 3 rings (SSSR count). The molecule has 0 fully saturated rings. The number of nitrogens with zero attached hydrogens (tertiary/aromatic N) is 1. The Morgan fingerprint density at radius 3 is 2.66 bits per heavy atom. The fourth-order valence-corrected chi connectivity index (χ4v) is 4.48. The normalized spacial score (nSPS) is 18.8. The number of halogens is 1. The lowest BCUT2D eigenvalue weighted by molar-refractivity contribution is -0.136. The van der Waals surface area contributed by atoms with Gasteiger partial charge < -0.3 is 30.3 Å². The lowest BCUT2D eigenvalue weighted by atomic mass is 10.0. The maximum absolute atomic E-state index is 13.2. The molecule has 41 heavy (non-hydrogen) atoms. The number of rotatable bonds is 7. The zero-order valence-electron chi connectivity index (χ0n) is 24.0. The van der Waals surface area contributed by atoms with Crippen LogP contribution in [-0.4, -0.2) is 74.0 Å². The summed E-state index contributed by atoms with van der Waals surface area (Å²) in [7, 11) is 1.65. The van der Waals surface area contributed by atoms with Gasteiger partial charge in [-0.2, -0.15) is 0 Å². The van der Waals surface area contributed by atoms with Gasteiger partial charge in [-0.3, -0.25) is 19.2 Å². The molecule has 3 N–H and O–H groups in total. The van der Waals surface area contributed by atoms with Crippen LogP contribution in [0.5, 0.6) is 11.5 Å². The number of benzene rings is 2. The number of fused-ring (bicyclic) bond motifs is 1. The molecule has 0 aliphatic carbocycles. The van der Waals surface area contributed by atoms with Gasteiger partial charge in [0.2, 0.25) is 17.7 Å². The van der Waals surface area contributed by atoms with Gasteiger partial charge in [-0.1, -0.05) is 37.6 Å². The van der Waals surface area contributed by atoms with Crippen molar-refractivity contribution in [3.8, 4) is 11.5 Å². The molecule has 0 radical (unpaired) electrons. The molecule has 2 atom stereocenters. The second kappa shape index (κ2) is 15.3. The van der Waals surface area contributed by atoms with Gasteiger partial charge in [0.25, 0.3) is 5.91 Å². The van der Waals surface area contributed by atoms with E-state index < -0.39 is 23.9 Å². The summed E-state index contributed by atoms with van der Waals surface area (Å²) in [5.41, 5.74) is 1.12. The molecule has 4 amide bonds. The fourth-order valence-electron chi connectivity index (χ4n) is 4.36. The molecule has 11 heteroatoms. The summed E-state index contributed by atoms with van der Waals surface area (Å²) >= 11 is 6.06. The second-order valence-electron chi connectivity index (χ2n) is 10.5. The van der Waals surface area contributed by atoms with Crippen LogP contribution in [0.25, 0.3) is 0 Å². The SMILES string of the molecule is Cc1cc(OCCNC(=O)[C@@H]2CCC(=O)N[C@@H](CC(C)C)C(=O)N(C)CCOc3ccccc3C(=O)N2)ccc1Cl. The lowest BCUT2D eigenvalue weighted by Gasteiger charge is -2.26. The first-order chi connectivity index (χ1) is 19.5. The van der Waals surface area contributed by atoms with Crippen molar-refractivity contribution < 1.29 is 28.7 Å². The number of nitrogens with one attached hydrogen (secondary N) is 3. The van der Waals surface area contributed by atoms with Crippen LogP contribution in [0.1, 0.15) is 49.0 Å². The number of para-hydroxylation sites is 1. The molecule has 0 saturated carbocycles. The van der Waals surface area contributed by atoms with Crippen LogP contribution >= 0.6 is 11.6 Å². The summed E-state index contributed by atoms with van der Waals surface area (Å²) in [6.07, 6.45) is 0.428. The van der Waals surface area contributed by atoms with Crippen molar-refractivity contribution in [2.45, 2.75) is 52.1 Å². The highest BCUT2D eigenvalue weighted by Gasteiger charge is 2.28. The minimum absolute atomic E-state index is 0.0299. The van der Waals surface area contributed by atoms with E-state index in [9.17, 15) is 19.2 Å². The van der Waals surface area contributed by atoms with Gasteiger partial charge >= 0.3 is 0 Å². The van der Waals surface area contributed by atoms with E-state index in [0.29, 0.717) is 22.9 Å². The number of carbonyl (C=O) groups excluding carboxylic acids is 4. The largest absolute Gasteiger partial charge is 0.492 e. The topological polar surface area (TPSA) is 126 Å². The molecule has 2 aromatic rings. The van der Waals surface area contributed by atoms with Crippen LogP contribution in [0.4, 0.5) is 0 Å². The number of carbonyl (C=O) groups is 4. The van der Waals surface area contributed by atoms with Gasteiger partial charge in [-0.05, 0) is 61.6 Å². The van der Waals surface area contributed by atoms with Crippen molar-refractivity contribution in [3.05, 3.63) is 58.6 Å². The van der Waals surface area contributed by atoms with Crippen LogP contribution in [-0.2, 0) is 14.4 Å². The second-order valence-corrected chi connectivity index (χ2v) is 10.9. The summed E-state index contributed by atoms with van der Waals surface area (Å²) in [6.45, 7) is 6.60.